The predicted molar refractivity (Wildman–Crippen MR) is 129 cm³/mol. The van der Waals surface area contributed by atoms with Crippen LogP contribution in [0.25, 0.3) is 0 Å². The number of piperidine rings is 1. The number of carbonyl (C=O) groups is 3. The highest BCUT2D eigenvalue weighted by atomic mass is 127. The standard InChI is InChI=1S/C22H30N4O4.HI/c1-3-30-21(29)16-10-14-25(15-11-16)22(23-2)24-12-6-7-13-26-19(27)17-8-4-5-9-18(17)20(26)28;/h4-5,8-9,16H,3,6-7,10-15H2,1-2H3,(H,23,24);1H. The van der Waals surface area contributed by atoms with Crippen molar-refractivity contribution >= 4 is 47.7 Å². The van der Waals surface area contributed by atoms with Crippen molar-refractivity contribution < 1.29 is 19.1 Å². The molecule has 1 saturated heterocycles. The van der Waals surface area contributed by atoms with E-state index in [-0.39, 0.29) is 47.7 Å². The quantitative estimate of drug-likeness (QED) is 0.142. The van der Waals surface area contributed by atoms with Crippen LogP contribution in [0.1, 0.15) is 53.3 Å². The topological polar surface area (TPSA) is 91.3 Å². The number of benzene rings is 1. The maximum absolute atomic E-state index is 12.4. The number of amides is 2. The number of hydrogen-bond acceptors (Lipinski definition) is 5. The lowest BCUT2D eigenvalue weighted by Crippen LogP contribution is -2.47. The summed E-state index contributed by atoms with van der Waals surface area (Å²) in [7, 11) is 1.75. The highest BCUT2D eigenvalue weighted by Gasteiger charge is 2.34. The molecule has 0 aromatic heterocycles. The van der Waals surface area contributed by atoms with E-state index in [0.717, 1.165) is 44.7 Å². The first-order valence-corrected chi connectivity index (χ1v) is 10.6. The molecule has 0 bridgehead atoms. The summed E-state index contributed by atoms with van der Waals surface area (Å²) in [5.41, 5.74) is 0.986. The Morgan fingerprint density at radius 3 is 2.29 bits per heavy atom. The van der Waals surface area contributed by atoms with Gasteiger partial charge in [-0.3, -0.25) is 24.3 Å². The highest BCUT2D eigenvalue weighted by molar-refractivity contribution is 14.0. The summed E-state index contributed by atoms with van der Waals surface area (Å²) in [6.07, 6.45) is 3.06. The van der Waals surface area contributed by atoms with Gasteiger partial charge in [0.2, 0.25) is 0 Å². The van der Waals surface area contributed by atoms with Gasteiger partial charge in [0.15, 0.2) is 5.96 Å². The van der Waals surface area contributed by atoms with Crippen LogP contribution in [0.2, 0.25) is 0 Å². The molecule has 2 amide bonds. The minimum absolute atomic E-state index is 0. The Balaban J connectivity index is 0.00000341. The van der Waals surface area contributed by atoms with Crippen molar-refractivity contribution in [2.45, 2.75) is 32.6 Å². The van der Waals surface area contributed by atoms with Crippen LogP contribution < -0.4 is 5.32 Å². The molecule has 1 fully saturated rings. The molecule has 0 saturated carbocycles. The molecule has 1 aromatic rings. The molecule has 0 radical (unpaired) electrons. The number of fused-ring (bicyclic) bond motifs is 1. The van der Waals surface area contributed by atoms with E-state index in [1.54, 1.807) is 31.3 Å². The molecule has 0 unspecified atom stereocenters. The number of nitrogens with zero attached hydrogens (tertiary/aromatic N) is 3. The van der Waals surface area contributed by atoms with Crippen LogP contribution in [0, 0.1) is 5.92 Å². The maximum atomic E-state index is 12.4. The Kier molecular flexibility index (Phi) is 9.73. The summed E-state index contributed by atoms with van der Waals surface area (Å²) in [4.78, 5) is 44.5. The lowest BCUT2D eigenvalue weighted by Gasteiger charge is -2.33. The number of imide groups is 1. The smallest absolute Gasteiger partial charge is 0.309 e. The SMILES string of the molecule is CCOC(=O)C1CCN(C(=NC)NCCCCN2C(=O)c3ccccc3C2=O)CC1.I. The fourth-order valence-electron chi connectivity index (χ4n) is 3.96. The third-order valence-electron chi connectivity index (χ3n) is 5.60. The van der Waals surface area contributed by atoms with E-state index in [1.807, 2.05) is 6.92 Å². The highest BCUT2D eigenvalue weighted by Crippen LogP contribution is 2.22. The van der Waals surface area contributed by atoms with Gasteiger partial charge < -0.3 is 15.0 Å². The average Bonchev–Trinajstić information content (AvgIpc) is 3.01. The lowest BCUT2D eigenvalue weighted by atomic mass is 9.97. The molecule has 2 heterocycles. The number of aliphatic imine (C=N–C) groups is 1. The number of unbranched alkanes of at least 4 members (excludes halogenated alkanes) is 1. The summed E-state index contributed by atoms with van der Waals surface area (Å²) in [6, 6.07) is 6.95. The van der Waals surface area contributed by atoms with Crippen LogP contribution >= 0.6 is 24.0 Å². The van der Waals surface area contributed by atoms with Crippen LogP contribution in [0.5, 0.6) is 0 Å². The molecule has 0 aliphatic carbocycles. The fraction of sp³-hybridized carbons (Fsp3) is 0.545. The van der Waals surface area contributed by atoms with E-state index in [9.17, 15) is 14.4 Å². The summed E-state index contributed by atoms with van der Waals surface area (Å²) >= 11 is 0. The van der Waals surface area contributed by atoms with Crippen LogP contribution in [0.3, 0.4) is 0 Å². The fourth-order valence-corrected chi connectivity index (χ4v) is 3.96. The van der Waals surface area contributed by atoms with E-state index >= 15 is 0 Å². The number of rotatable bonds is 7. The molecular weight excluding hydrogens is 511 g/mol. The molecule has 0 spiro atoms. The molecule has 31 heavy (non-hydrogen) atoms. The number of carbonyl (C=O) groups excluding carboxylic acids is 3. The van der Waals surface area contributed by atoms with E-state index < -0.39 is 0 Å². The minimum atomic E-state index is -0.205. The molecular formula is C22H31IN4O4. The van der Waals surface area contributed by atoms with E-state index in [1.165, 1.54) is 4.90 Å². The first-order valence-electron chi connectivity index (χ1n) is 10.6. The maximum Gasteiger partial charge on any atom is 0.309 e. The minimum Gasteiger partial charge on any atom is -0.466 e. The molecule has 2 aliphatic heterocycles. The third kappa shape index (κ3) is 5.96. The van der Waals surface area contributed by atoms with Gasteiger partial charge in [-0.2, -0.15) is 0 Å². The molecule has 170 valence electrons. The number of esters is 1. The molecule has 3 rings (SSSR count). The van der Waals surface area contributed by atoms with E-state index in [0.29, 0.717) is 30.8 Å². The molecule has 9 heteroatoms. The zero-order chi connectivity index (χ0) is 21.5. The number of hydrogen-bond donors (Lipinski definition) is 1. The zero-order valence-electron chi connectivity index (χ0n) is 18.1. The van der Waals surface area contributed by atoms with Crippen molar-refractivity contribution in [1.29, 1.82) is 0 Å². The van der Waals surface area contributed by atoms with Crippen molar-refractivity contribution in [3.8, 4) is 0 Å². The first-order chi connectivity index (χ1) is 14.6. The largest absolute Gasteiger partial charge is 0.466 e. The number of likely N-dealkylation sites (tertiary alicyclic amines) is 1. The number of ether oxygens (including phenoxy) is 1. The molecule has 8 nitrogen and oxygen atoms in total. The normalized spacial score (nSPS) is 16.8. The predicted octanol–water partition coefficient (Wildman–Crippen LogP) is 2.53. The Labute approximate surface area is 200 Å². The van der Waals surface area contributed by atoms with Crippen molar-refractivity contribution in [2.24, 2.45) is 10.9 Å². The number of halogens is 1. The second-order valence-electron chi connectivity index (χ2n) is 7.50. The van der Waals surface area contributed by atoms with Gasteiger partial charge in [0.05, 0.1) is 23.7 Å². The Morgan fingerprint density at radius 2 is 1.74 bits per heavy atom. The van der Waals surface area contributed by atoms with Gasteiger partial charge in [-0.1, -0.05) is 12.1 Å². The van der Waals surface area contributed by atoms with E-state index in [4.69, 9.17) is 4.74 Å². The number of guanidine groups is 1. The Bertz CT molecular complexity index is 786. The Morgan fingerprint density at radius 1 is 1.13 bits per heavy atom. The lowest BCUT2D eigenvalue weighted by molar-refractivity contribution is -0.149. The second kappa shape index (κ2) is 12.0. The second-order valence-corrected chi connectivity index (χ2v) is 7.50. The van der Waals surface area contributed by atoms with Gasteiger partial charge in [-0.15, -0.1) is 24.0 Å². The van der Waals surface area contributed by atoms with Crippen LogP contribution in [-0.2, 0) is 9.53 Å². The van der Waals surface area contributed by atoms with E-state index in [2.05, 4.69) is 15.2 Å². The van der Waals surface area contributed by atoms with Crippen LogP contribution in [-0.4, -0.2) is 73.4 Å². The summed E-state index contributed by atoms with van der Waals surface area (Å²) in [6.45, 7) is 4.89. The first kappa shape index (κ1) is 25.1. The van der Waals surface area contributed by atoms with Gasteiger partial charge in [0.25, 0.3) is 11.8 Å². The summed E-state index contributed by atoms with van der Waals surface area (Å²) < 4.78 is 5.12. The van der Waals surface area contributed by atoms with Crippen LogP contribution in [0.4, 0.5) is 0 Å². The number of nitrogens with one attached hydrogen (secondary N) is 1. The summed E-state index contributed by atoms with van der Waals surface area (Å²) in [5.74, 6) is 0.276. The molecule has 0 atom stereocenters. The van der Waals surface area contributed by atoms with Gasteiger partial charge in [-0.25, -0.2) is 0 Å². The van der Waals surface area contributed by atoms with Crippen LogP contribution in [0.15, 0.2) is 29.3 Å². The Hall–Kier alpha value is -2.17. The molecule has 1 N–H and O–H groups in total. The van der Waals surface area contributed by atoms with Gasteiger partial charge >= 0.3 is 5.97 Å². The van der Waals surface area contributed by atoms with Crippen molar-refractivity contribution in [3.05, 3.63) is 35.4 Å². The van der Waals surface area contributed by atoms with Crippen molar-refractivity contribution in [1.82, 2.24) is 15.1 Å². The third-order valence-corrected chi connectivity index (χ3v) is 5.60. The zero-order valence-corrected chi connectivity index (χ0v) is 20.5. The monoisotopic (exact) mass is 542 g/mol. The van der Waals surface area contributed by atoms with Crippen molar-refractivity contribution in [3.63, 3.8) is 0 Å². The molecule has 1 aromatic carbocycles. The summed E-state index contributed by atoms with van der Waals surface area (Å²) in [5, 5.41) is 3.34. The average molecular weight is 542 g/mol. The van der Waals surface area contributed by atoms with Gasteiger partial charge in [0, 0.05) is 33.2 Å². The van der Waals surface area contributed by atoms with Crippen molar-refractivity contribution in [2.75, 3.05) is 39.8 Å². The van der Waals surface area contributed by atoms with Gasteiger partial charge in [0.1, 0.15) is 0 Å². The van der Waals surface area contributed by atoms with Gasteiger partial charge in [-0.05, 0) is 44.7 Å². The molecule has 2 aliphatic rings.